The van der Waals surface area contributed by atoms with Gasteiger partial charge >= 0.3 is 0 Å². The van der Waals surface area contributed by atoms with Crippen molar-refractivity contribution in [2.24, 2.45) is 0 Å². The minimum Gasteiger partial charge on any atom is -0.369 e. The molecule has 1 aliphatic carbocycles. The number of aromatic nitrogens is 2. The number of hydrogen-bond donors (Lipinski definition) is 1. The van der Waals surface area contributed by atoms with Crippen LogP contribution in [0.2, 0.25) is 0 Å². The molecule has 0 bridgehead atoms. The van der Waals surface area contributed by atoms with Crippen LogP contribution in [0.25, 0.3) is 11.1 Å². The van der Waals surface area contributed by atoms with Crippen LogP contribution in [0.3, 0.4) is 0 Å². The van der Waals surface area contributed by atoms with Gasteiger partial charge in [-0.05, 0) is 54.8 Å². The highest BCUT2D eigenvalue weighted by molar-refractivity contribution is 5.66. The lowest BCUT2D eigenvalue weighted by Gasteiger charge is -2.38. The Balaban J connectivity index is 1.27. The molecule has 0 saturated carbocycles. The van der Waals surface area contributed by atoms with Gasteiger partial charge in [0.25, 0.3) is 5.56 Å². The van der Waals surface area contributed by atoms with Crippen molar-refractivity contribution in [2.45, 2.75) is 18.9 Å². The van der Waals surface area contributed by atoms with Gasteiger partial charge in [0.05, 0.1) is 17.3 Å². The molecule has 0 spiro atoms. The summed E-state index contributed by atoms with van der Waals surface area (Å²) >= 11 is 0. The molecule has 6 heteroatoms. The SMILES string of the molecule is N#Cc1ccc(N2CCN(C3C=C(c4cn5cccc5c(=O)[nH]4)CC3)CC2)cc1. The predicted molar refractivity (Wildman–Crippen MR) is 114 cm³/mol. The van der Waals surface area contributed by atoms with E-state index in [1.807, 2.05) is 53.2 Å². The molecular formula is C23H23N5O. The molecule has 2 aromatic heterocycles. The van der Waals surface area contributed by atoms with Crippen molar-refractivity contribution in [2.75, 3.05) is 31.1 Å². The van der Waals surface area contributed by atoms with Crippen molar-refractivity contribution in [3.63, 3.8) is 0 Å². The lowest BCUT2D eigenvalue weighted by molar-refractivity contribution is 0.214. The van der Waals surface area contributed by atoms with Crippen molar-refractivity contribution in [1.82, 2.24) is 14.3 Å². The average molecular weight is 385 g/mol. The molecule has 29 heavy (non-hydrogen) atoms. The largest absolute Gasteiger partial charge is 0.369 e. The highest BCUT2D eigenvalue weighted by atomic mass is 16.1. The van der Waals surface area contributed by atoms with E-state index < -0.39 is 0 Å². The van der Waals surface area contributed by atoms with E-state index in [1.54, 1.807) is 0 Å². The summed E-state index contributed by atoms with van der Waals surface area (Å²) in [6.07, 6.45) is 8.36. The molecular weight excluding hydrogens is 362 g/mol. The highest BCUT2D eigenvalue weighted by Crippen LogP contribution is 2.30. The van der Waals surface area contributed by atoms with Crippen LogP contribution >= 0.6 is 0 Å². The minimum atomic E-state index is -0.0344. The van der Waals surface area contributed by atoms with E-state index in [0.717, 1.165) is 44.7 Å². The topological polar surface area (TPSA) is 67.5 Å². The van der Waals surface area contributed by atoms with Crippen molar-refractivity contribution in [3.05, 3.63) is 76.5 Å². The normalized spacial score (nSPS) is 20.0. The first-order chi connectivity index (χ1) is 14.2. The number of rotatable bonds is 3. The van der Waals surface area contributed by atoms with Crippen LogP contribution < -0.4 is 10.5 Å². The fourth-order valence-corrected chi connectivity index (χ4v) is 4.49. The van der Waals surface area contributed by atoms with E-state index in [0.29, 0.717) is 17.1 Å². The van der Waals surface area contributed by atoms with Crippen molar-refractivity contribution in [1.29, 1.82) is 5.26 Å². The van der Waals surface area contributed by atoms with Crippen molar-refractivity contribution < 1.29 is 0 Å². The molecule has 1 fully saturated rings. The molecule has 3 heterocycles. The van der Waals surface area contributed by atoms with Gasteiger partial charge < -0.3 is 14.3 Å². The minimum absolute atomic E-state index is 0.0344. The summed E-state index contributed by atoms with van der Waals surface area (Å²) < 4.78 is 1.90. The first-order valence-corrected chi connectivity index (χ1v) is 10.1. The third-order valence-corrected chi connectivity index (χ3v) is 6.12. The van der Waals surface area contributed by atoms with Crippen molar-refractivity contribution in [3.8, 4) is 6.07 Å². The molecule has 146 valence electrons. The summed E-state index contributed by atoms with van der Waals surface area (Å²) in [5.74, 6) is 0. The maximum absolute atomic E-state index is 12.3. The predicted octanol–water partition coefficient (Wildman–Crippen LogP) is 2.87. The Labute approximate surface area is 169 Å². The third kappa shape index (κ3) is 3.34. The smallest absolute Gasteiger partial charge is 0.272 e. The van der Waals surface area contributed by atoms with Crippen molar-refractivity contribution >= 4 is 16.8 Å². The van der Waals surface area contributed by atoms with Gasteiger partial charge in [-0.1, -0.05) is 6.08 Å². The lowest BCUT2D eigenvalue weighted by Crippen LogP contribution is -2.49. The van der Waals surface area contributed by atoms with Crippen LogP contribution in [-0.4, -0.2) is 46.5 Å². The molecule has 1 aromatic carbocycles. The summed E-state index contributed by atoms with van der Waals surface area (Å²) in [4.78, 5) is 20.2. The summed E-state index contributed by atoms with van der Waals surface area (Å²) in [7, 11) is 0. The van der Waals surface area contributed by atoms with Gasteiger partial charge in [0.1, 0.15) is 5.52 Å². The maximum atomic E-state index is 12.3. The Kier molecular flexibility index (Phi) is 4.45. The molecule has 1 atom stereocenters. The number of benzene rings is 1. The second kappa shape index (κ2) is 7.26. The van der Waals surface area contributed by atoms with Gasteiger partial charge in [-0.2, -0.15) is 5.26 Å². The van der Waals surface area contributed by atoms with Crippen LogP contribution in [-0.2, 0) is 0 Å². The Morgan fingerprint density at radius 1 is 1.07 bits per heavy atom. The number of aromatic amines is 1. The van der Waals surface area contributed by atoms with Gasteiger partial charge in [-0.3, -0.25) is 9.69 Å². The monoisotopic (exact) mass is 385 g/mol. The molecule has 3 aromatic rings. The molecule has 1 aliphatic heterocycles. The molecule has 6 nitrogen and oxygen atoms in total. The zero-order valence-corrected chi connectivity index (χ0v) is 16.2. The van der Waals surface area contributed by atoms with Crippen LogP contribution in [0.15, 0.2) is 59.7 Å². The summed E-state index contributed by atoms with van der Waals surface area (Å²) in [6, 6.07) is 14.2. The van der Waals surface area contributed by atoms with Crippen LogP contribution in [0.5, 0.6) is 0 Å². The first kappa shape index (κ1) is 17.8. The van der Waals surface area contributed by atoms with Crippen LogP contribution in [0.4, 0.5) is 5.69 Å². The van der Waals surface area contributed by atoms with E-state index in [9.17, 15) is 4.79 Å². The zero-order valence-electron chi connectivity index (χ0n) is 16.2. The van der Waals surface area contributed by atoms with E-state index in [2.05, 4.69) is 26.9 Å². The van der Waals surface area contributed by atoms with E-state index in [1.165, 1.54) is 11.3 Å². The highest BCUT2D eigenvalue weighted by Gasteiger charge is 2.27. The Bertz CT molecular complexity index is 1160. The molecule has 2 aliphatic rings. The summed E-state index contributed by atoms with van der Waals surface area (Å²) in [5.41, 5.74) is 4.70. The standard InChI is InChI=1S/C23H23N5O/c24-15-17-3-6-19(7-4-17)26-10-12-27(13-11-26)20-8-5-18(14-20)21-16-28-9-1-2-22(28)23(29)25-21/h1-4,6-7,9,14,16,20H,5,8,10-13H2,(H,25,29). The Morgan fingerprint density at radius 3 is 2.62 bits per heavy atom. The second-order valence-corrected chi connectivity index (χ2v) is 7.78. The number of nitrogens with zero attached hydrogens (tertiary/aromatic N) is 4. The number of hydrogen-bond acceptors (Lipinski definition) is 4. The molecule has 1 N–H and O–H groups in total. The molecule has 1 saturated heterocycles. The number of anilines is 1. The van der Waals surface area contributed by atoms with E-state index in [-0.39, 0.29) is 5.56 Å². The zero-order chi connectivity index (χ0) is 19.8. The van der Waals surface area contributed by atoms with E-state index >= 15 is 0 Å². The van der Waals surface area contributed by atoms with Crippen LogP contribution in [0, 0.1) is 11.3 Å². The molecule has 5 rings (SSSR count). The van der Waals surface area contributed by atoms with E-state index in [4.69, 9.17) is 5.26 Å². The summed E-state index contributed by atoms with van der Waals surface area (Å²) in [5, 5.41) is 8.96. The third-order valence-electron chi connectivity index (χ3n) is 6.12. The number of allylic oxidation sites excluding steroid dienone is 1. The number of nitriles is 1. The lowest BCUT2D eigenvalue weighted by atomic mass is 10.1. The van der Waals surface area contributed by atoms with Gasteiger partial charge in [0, 0.05) is 50.3 Å². The number of piperazine rings is 1. The molecule has 0 radical (unpaired) electrons. The quantitative estimate of drug-likeness (QED) is 0.753. The first-order valence-electron chi connectivity index (χ1n) is 10.1. The summed E-state index contributed by atoms with van der Waals surface area (Å²) in [6.45, 7) is 4.00. The Morgan fingerprint density at radius 2 is 1.86 bits per heavy atom. The van der Waals surface area contributed by atoms with Gasteiger partial charge in [-0.15, -0.1) is 0 Å². The molecule has 0 amide bonds. The fraction of sp³-hybridized carbons (Fsp3) is 0.304. The fourth-order valence-electron chi connectivity index (χ4n) is 4.49. The average Bonchev–Trinajstić information content (AvgIpc) is 3.44. The van der Waals surface area contributed by atoms with Crippen LogP contribution in [0.1, 0.15) is 24.1 Å². The molecule has 1 unspecified atom stereocenters. The van der Waals surface area contributed by atoms with Gasteiger partial charge in [0.15, 0.2) is 0 Å². The maximum Gasteiger partial charge on any atom is 0.272 e. The number of nitrogens with one attached hydrogen (secondary N) is 1. The second-order valence-electron chi connectivity index (χ2n) is 7.78. The van der Waals surface area contributed by atoms with Gasteiger partial charge in [-0.25, -0.2) is 0 Å². The number of fused-ring (bicyclic) bond motifs is 1. The van der Waals surface area contributed by atoms with Gasteiger partial charge in [0.2, 0.25) is 0 Å². The number of H-pyrrole nitrogens is 1. The Hall–Kier alpha value is -3.30.